The molecule has 2 rings (SSSR count). The summed E-state index contributed by atoms with van der Waals surface area (Å²) in [6.07, 6.45) is 3.50. The van der Waals surface area contributed by atoms with Crippen LogP contribution >= 0.6 is 11.3 Å². The van der Waals surface area contributed by atoms with E-state index in [1.54, 1.807) is 17.4 Å². The van der Waals surface area contributed by atoms with E-state index in [0.717, 1.165) is 22.9 Å². The molecule has 0 saturated carbocycles. The number of aryl methyl sites for hydroxylation is 1. The van der Waals surface area contributed by atoms with Crippen LogP contribution in [-0.4, -0.2) is 18.6 Å². The third-order valence-electron chi connectivity index (χ3n) is 3.31. The van der Waals surface area contributed by atoms with E-state index in [2.05, 4.69) is 17.2 Å². The fourth-order valence-corrected chi connectivity index (χ4v) is 3.08. The number of thiazole rings is 1. The summed E-state index contributed by atoms with van der Waals surface area (Å²) in [6.45, 7) is 5.00. The molecule has 5 heteroatoms. The Labute approximate surface area is 129 Å². The fourth-order valence-electron chi connectivity index (χ4n) is 2.22. The van der Waals surface area contributed by atoms with Crippen molar-refractivity contribution in [3.05, 3.63) is 45.7 Å². The summed E-state index contributed by atoms with van der Waals surface area (Å²) < 4.78 is 19.4. The number of ether oxygens (including phenoxy) is 1. The number of aromatic nitrogens is 1. The van der Waals surface area contributed by atoms with Gasteiger partial charge in [-0.3, -0.25) is 0 Å². The Bertz CT molecular complexity index is 585. The van der Waals surface area contributed by atoms with E-state index in [-0.39, 0.29) is 11.9 Å². The molecule has 114 valence electrons. The third kappa shape index (κ3) is 4.02. The minimum absolute atomic E-state index is 0.0813. The van der Waals surface area contributed by atoms with Crippen molar-refractivity contribution in [2.75, 3.05) is 13.7 Å². The standard InChI is InChI=1S/C16H21FN2OS/c1-4-8-18-13(15-10-19-11(2)21-15)9-12-6-5-7-14(20-3)16(12)17/h5-7,10,13,18H,4,8-9H2,1-3H3. The zero-order valence-electron chi connectivity index (χ0n) is 12.6. The van der Waals surface area contributed by atoms with Crippen molar-refractivity contribution >= 4 is 11.3 Å². The van der Waals surface area contributed by atoms with Gasteiger partial charge in [-0.05, 0) is 37.9 Å². The van der Waals surface area contributed by atoms with Gasteiger partial charge in [0, 0.05) is 17.1 Å². The Morgan fingerprint density at radius 3 is 2.86 bits per heavy atom. The Morgan fingerprint density at radius 1 is 1.43 bits per heavy atom. The molecule has 0 radical (unpaired) electrons. The molecule has 0 aliphatic carbocycles. The molecule has 2 aromatic rings. The van der Waals surface area contributed by atoms with E-state index in [0.29, 0.717) is 17.7 Å². The summed E-state index contributed by atoms with van der Waals surface area (Å²) in [6, 6.07) is 5.36. The molecule has 0 amide bonds. The van der Waals surface area contributed by atoms with Gasteiger partial charge in [-0.1, -0.05) is 19.1 Å². The van der Waals surface area contributed by atoms with Crippen molar-refractivity contribution in [2.45, 2.75) is 32.7 Å². The zero-order chi connectivity index (χ0) is 15.2. The lowest BCUT2D eigenvalue weighted by Crippen LogP contribution is -2.23. The molecule has 1 aromatic carbocycles. The van der Waals surface area contributed by atoms with Gasteiger partial charge in [-0.25, -0.2) is 9.37 Å². The molecule has 0 saturated heterocycles. The SMILES string of the molecule is CCCNC(Cc1cccc(OC)c1F)c1cnc(C)s1. The Hall–Kier alpha value is -1.46. The van der Waals surface area contributed by atoms with Gasteiger partial charge in [-0.2, -0.15) is 0 Å². The Kier molecular flexibility index (Phi) is 5.70. The molecule has 0 bridgehead atoms. The number of nitrogens with one attached hydrogen (secondary N) is 1. The Morgan fingerprint density at radius 2 is 2.24 bits per heavy atom. The number of hydrogen-bond acceptors (Lipinski definition) is 4. The van der Waals surface area contributed by atoms with Crippen LogP contribution in [0, 0.1) is 12.7 Å². The second-order valence-corrected chi connectivity index (χ2v) is 6.19. The first kappa shape index (κ1) is 15.9. The maximum atomic E-state index is 14.3. The van der Waals surface area contributed by atoms with E-state index in [9.17, 15) is 4.39 Å². The first-order valence-corrected chi connectivity index (χ1v) is 7.94. The lowest BCUT2D eigenvalue weighted by atomic mass is 10.0. The third-order valence-corrected chi connectivity index (χ3v) is 4.34. The molecule has 1 aromatic heterocycles. The van der Waals surface area contributed by atoms with Crippen LogP contribution in [0.4, 0.5) is 4.39 Å². The van der Waals surface area contributed by atoms with E-state index in [1.807, 2.05) is 25.3 Å². The summed E-state index contributed by atoms with van der Waals surface area (Å²) in [5.41, 5.74) is 0.661. The molecular weight excluding hydrogens is 287 g/mol. The van der Waals surface area contributed by atoms with Crippen molar-refractivity contribution in [3.63, 3.8) is 0 Å². The van der Waals surface area contributed by atoms with Gasteiger partial charge in [-0.15, -0.1) is 11.3 Å². The summed E-state index contributed by atoms with van der Waals surface area (Å²) >= 11 is 1.65. The normalized spacial score (nSPS) is 12.4. The highest BCUT2D eigenvalue weighted by Gasteiger charge is 2.17. The molecule has 3 nitrogen and oxygen atoms in total. The molecule has 0 fully saturated rings. The summed E-state index contributed by atoms with van der Waals surface area (Å²) in [4.78, 5) is 5.45. The van der Waals surface area contributed by atoms with Crippen LogP contribution in [0.2, 0.25) is 0 Å². The summed E-state index contributed by atoms with van der Waals surface area (Å²) in [5.74, 6) is 0.0202. The van der Waals surface area contributed by atoms with Crippen LogP contribution in [0.1, 0.15) is 34.8 Å². The van der Waals surface area contributed by atoms with Gasteiger partial charge in [0.1, 0.15) is 0 Å². The van der Waals surface area contributed by atoms with Crippen LogP contribution in [0.15, 0.2) is 24.4 Å². The van der Waals surface area contributed by atoms with Gasteiger partial charge in [0.25, 0.3) is 0 Å². The number of rotatable bonds is 7. The predicted molar refractivity (Wildman–Crippen MR) is 84.5 cm³/mol. The number of nitrogens with zero attached hydrogens (tertiary/aromatic N) is 1. The highest BCUT2D eigenvalue weighted by atomic mass is 32.1. The van der Waals surface area contributed by atoms with Crippen LogP contribution in [0.3, 0.4) is 0 Å². The second kappa shape index (κ2) is 7.52. The second-order valence-electron chi connectivity index (χ2n) is 4.93. The number of methoxy groups -OCH3 is 1. The summed E-state index contributed by atoms with van der Waals surface area (Å²) in [5, 5.41) is 4.50. The van der Waals surface area contributed by atoms with E-state index < -0.39 is 0 Å². The molecule has 0 aliphatic heterocycles. The lowest BCUT2D eigenvalue weighted by molar-refractivity contribution is 0.382. The maximum Gasteiger partial charge on any atom is 0.168 e. The number of benzene rings is 1. The fraction of sp³-hybridized carbons (Fsp3) is 0.438. The average Bonchev–Trinajstić information content (AvgIpc) is 2.91. The van der Waals surface area contributed by atoms with Gasteiger partial charge >= 0.3 is 0 Å². The quantitative estimate of drug-likeness (QED) is 0.843. The molecular formula is C16H21FN2OS. The van der Waals surface area contributed by atoms with Gasteiger partial charge in [0.05, 0.1) is 12.1 Å². The van der Waals surface area contributed by atoms with Crippen LogP contribution < -0.4 is 10.1 Å². The van der Waals surface area contributed by atoms with Crippen molar-refractivity contribution in [1.82, 2.24) is 10.3 Å². The van der Waals surface area contributed by atoms with E-state index in [1.165, 1.54) is 7.11 Å². The van der Waals surface area contributed by atoms with Crippen molar-refractivity contribution in [1.29, 1.82) is 0 Å². The zero-order valence-corrected chi connectivity index (χ0v) is 13.5. The van der Waals surface area contributed by atoms with E-state index >= 15 is 0 Å². The number of hydrogen-bond donors (Lipinski definition) is 1. The lowest BCUT2D eigenvalue weighted by Gasteiger charge is -2.18. The molecule has 1 unspecified atom stereocenters. The molecule has 1 heterocycles. The molecule has 1 atom stereocenters. The van der Waals surface area contributed by atoms with Crippen LogP contribution in [0.25, 0.3) is 0 Å². The largest absolute Gasteiger partial charge is 0.494 e. The first-order valence-electron chi connectivity index (χ1n) is 7.12. The predicted octanol–water partition coefficient (Wildman–Crippen LogP) is 3.88. The maximum absolute atomic E-state index is 14.3. The summed E-state index contributed by atoms with van der Waals surface area (Å²) in [7, 11) is 1.49. The van der Waals surface area contributed by atoms with Crippen molar-refractivity contribution in [2.24, 2.45) is 0 Å². The molecule has 1 N–H and O–H groups in total. The molecule has 0 spiro atoms. The van der Waals surface area contributed by atoms with Crippen LogP contribution in [0.5, 0.6) is 5.75 Å². The molecule has 21 heavy (non-hydrogen) atoms. The van der Waals surface area contributed by atoms with Gasteiger partial charge in [0.15, 0.2) is 11.6 Å². The van der Waals surface area contributed by atoms with Crippen molar-refractivity contribution < 1.29 is 9.13 Å². The van der Waals surface area contributed by atoms with Gasteiger partial charge in [0.2, 0.25) is 0 Å². The first-order chi connectivity index (χ1) is 10.2. The highest BCUT2D eigenvalue weighted by Crippen LogP contribution is 2.27. The highest BCUT2D eigenvalue weighted by molar-refractivity contribution is 7.11. The monoisotopic (exact) mass is 308 g/mol. The molecule has 0 aliphatic rings. The van der Waals surface area contributed by atoms with E-state index in [4.69, 9.17) is 4.74 Å². The average molecular weight is 308 g/mol. The number of halogens is 1. The van der Waals surface area contributed by atoms with Gasteiger partial charge < -0.3 is 10.1 Å². The Balaban J connectivity index is 2.22. The minimum atomic E-state index is -0.274. The van der Waals surface area contributed by atoms with Crippen LogP contribution in [-0.2, 0) is 6.42 Å². The minimum Gasteiger partial charge on any atom is -0.494 e. The topological polar surface area (TPSA) is 34.1 Å². The smallest absolute Gasteiger partial charge is 0.168 e. The van der Waals surface area contributed by atoms with Crippen molar-refractivity contribution in [3.8, 4) is 5.75 Å².